The van der Waals surface area contributed by atoms with Crippen LogP contribution in [0.15, 0.2) is 0 Å². The van der Waals surface area contributed by atoms with Crippen LogP contribution in [-0.4, -0.2) is 62.7 Å². The van der Waals surface area contributed by atoms with Crippen molar-refractivity contribution in [3.05, 3.63) is 0 Å². The van der Waals surface area contributed by atoms with Crippen LogP contribution in [-0.2, 0) is 29.1 Å². The van der Waals surface area contributed by atoms with Gasteiger partial charge in [-0.3, -0.25) is 0 Å². The molecular weight excluding hydrogens is 577 g/mol. The van der Waals surface area contributed by atoms with Gasteiger partial charge in [-0.1, -0.05) is 89.2 Å². The average Bonchev–Trinajstić information content (AvgIpc) is 2.75. The summed E-state index contributed by atoms with van der Waals surface area (Å²) in [4.78, 5) is 0. The van der Waals surface area contributed by atoms with Gasteiger partial charge in [0.1, 0.15) is 0 Å². The van der Waals surface area contributed by atoms with E-state index in [0.29, 0.717) is 0 Å². The van der Waals surface area contributed by atoms with Crippen molar-refractivity contribution in [3.8, 4) is 0 Å². The second-order valence-corrected chi connectivity index (χ2v) is 28.0. The molecule has 0 spiro atoms. The topological polar surface area (TPSA) is 0 Å². The van der Waals surface area contributed by atoms with Gasteiger partial charge in [-0.25, -0.2) is 0 Å². The van der Waals surface area contributed by atoms with Gasteiger partial charge in [0.25, 0.3) is 0 Å². The molecular formula is C30H75CuP3SSi+3. The van der Waals surface area contributed by atoms with Crippen molar-refractivity contribution in [3.63, 3.8) is 0 Å². The Hall–Kier alpha value is 2.38. The van der Waals surface area contributed by atoms with Gasteiger partial charge in [-0.15, -0.1) is 0 Å². The standard InChI is InChI=1S/3C9H21P.C3H9SSi.Cu/c3*1-4-7-10(8-5-2)9-6-3;1-5(2,3)4;/h3*4-9H2,1-3H3;1-3H3;/q;;;-1;+1/p+3. The minimum Gasteiger partial charge on any atom is -0.797 e. The SMILES string of the molecule is CCC[PH+](CCC)CCC.CCC[PH+](CCC)CCC.CCC[PH+](CCC)CCC.C[Si](C)(C)[S-].[Cu+]. The Kier molecular flexibility index (Phi) is 52.8. The van der Waals surface area contributed by atoms with Gasteiger partial charge in [0.05, 0.1) is 55.5 Å². The summed E-state index contributed by atoms with van der Waals surface area (Å²) >= 11 is 4.97. The van der Waals surface area contributed by atoms with Crippen molar-refractivity contribution in [2.75, 3.05) is 55.5 Å². The van der Waals surface area contributed by atoms with Crippen molar-refractivity contribution in [1.29, 1.82) is 0 Å². The fourth-order valence-corrected chi connectivity index (χ4v) is 12.9. The third-order valence-electron chi connectivity index (χ3n) is 5.43. The van der Waals surface area contributed by atoms with E-state index in [1.165, 1.54) is 57.8 Å². The van der Waals surface area contributed by atoms with E-state index in [1.807, 2.05) is 0 Å². The first-order valence-electron chi connectivity index (χ1n) is 15.8. The molecule has 0 saturated heterocycles. The summed E-state index contributed by atoms with van der Waals surface area (Å²) in [5, 5.41) is 0. The van der Waals surface area contributed by atoms with Crippen LogP contribution in [0, 0.1) is 0 Å². The summed E-state index contributed by atoms with van der Waals surface area (Å²) in [6, 6.07) is 0. The number of hydrogen-bond acceptors (Lipinski definition) is 1. The van der Waals surface area contributed by atoms with Crippen LogP contribution >= 0.6 is 23.8 Å². The molecule has 0 aromatic carbocycles. The molecule has 0 aromatic rings. The Bertz CT molecular complexity index is 266. The number of hydrogen-bond donors (Lipinski definition) is 0. The Morgan fingerprint density at radius 1 is 0.361 bits per heavy atom. The zero-order valence-electron chi connectivity index (χ0n) is 27.4. The molecule has 0 N–H and O–H groups in total. The van der Waals surface area contributed by atoms with E-state index >= 15 is 0 Å². The summed E-state index contributed by atoms with van der Waals surface area (Å²) in [6.45, 7) is 27.3. The zero-order valence-corrected chi connectivity index (χ0v) is 33.2. The molecule has 0 bridgehead atoms. The molecule has 0 amide bonds. The van der Waals surface area contributed by atoms with E-state index in [2.05, 4.69) is 82.0 Å². The van der Waals surface area contributed by atoms with Gasteiger partial charge in [-0.05, 0) is 57.8 Å². The van der Waals surface area contributed by atoms with E-state index in [4.69, 9.17) is 12.1 Å². The molecule has 0 unspecified atom stereocenters. The van der Waals surface area contributed by atoms with E-state index in [0.717, 1.165) is 0 Å². The fourth-order valence-electron chi connectivity index (χ4n) is 4.31. The normalized spacial score (nSPS) is 10.7. The van der Waals surface area contributed by atoms with Gasteiger partial charge < -0.3 is 12.1 Å². The molecule has 0 atom stereocenters. The van der Waals surface area contributed by atoms with Crippen molar-refractivity contribution < 1.29 is 17.1 Å². The Labute approximate surface area is 254 Å². The predicted octanol–water partition coefficient (Wildman–Crippen LogP) is 11.7. The fraction of sp³-hybridized carbons (Fsp3) is 1.00. The molecule has 0 nitrogen and oxygen atoms in total. The summed E-state index contributed by atoms with van der Waals surface area (Å²) in [5.41, 5.74) is 0. The van der Waals surface area contributed by atoms with Crippen molar-refractivity contribution in [2.24, 2.45) is 0 Å². The van der Waals surface area contributed by atoms with Crippen LogP contribution in [0.5, 0.6) is 0 Å². The van der Waals surface area contributed by atoms with Gasteiger partial charge in [0.2, 0.25) is 0 Å². The molecule has 228 valence electrons. The maximum atomic E-state index is 4.97. The van der Waals surface area contributed by atoms with Crippen molar-refractivity contribution in [1.82, 2.24) is 0 Å². The maximum Gasteiger partial charge on any atom is 1.00 e. The van der Waals surface area contributed by atoms with Crippen LogP contribution in [0.25, 0.3) is 0 Å². The van der Waals surface area contributed by atoms with Gasteiger partial charge in [0.15, 0.2) is 0 Å². The molecule has 0 radical (unpaired) electrons. The smallest absolute Gasteiger partial charge is 0.797 e. The van der Waals surface area contributed by atoms with Crippen molar-refractivity contribution >= 4 is 43.1 Å². The third-order valence-corrected chi connectivity index (χ3v) is 16.3. The zero-order chi connectivity index (χ0) is 28.0. The number of rotatable bonds is 18. The molecule has 0 heterocycles. The summed E-state index contributed by atoms with van der Waals surface area (Å²) < 4.78 is 0. The van der Waals surface area contributed by atoms with Gasteiger partial charge in [0, 0.05) is 23.8 Å². The molecule has 0 fully saturated rings. The summed E-state index contributed by atoms with van der Waals surface area (Å²) in [6.07, 6.45) is 26.6. The average molecular weight is 653 g/mol. The van der Waals surface area contributed by atoms with Crippen LogP contribution < -0.4 is 0 Å². The van der Waals surface area contributed by atoms with Crippen LogP contribution in [0.4, 0.5) is 0 Å². The molecule has 0 aliphatic carbocycles. The Balaban J connectivity index is -0.000000121. The second kappa shape index (κ2) is 39.5. The van der Waals surface area contributed by atoms with Gasteiger partial charge in [-0.2, -0.15) is 0 Å². The van der Waals surface area contributed by atoms with Crippen molar-refractivity contribution in [2.45, 2.75) is 140 Å². The first-order chi connectivity index (χ1) is 16.5. The molecule has 0 rings (SSSR count). The maximum absolute atomic E-state index is 4.97. The predicted molar refractivity (Wildman–Crippen MR) is 192 cm³/mol. The third kappa shape index (κ3) is 52.8. The van der Waals surface area contributed by atoms with E-state index < -0.39 is 7.22 Å². The van der Waals surface area contributed by atoms with Gasteiger partial charge >= 0.3 is 17.1 Å². The van der Waals surface area contributed by atoms with E-state index in [1.54, 1.807) is 55.5 Å². The second-order valence-electron chi connectivity index (χ2n) is 11.1. The van der Waals surface area contributed by atoms with Crippen LogP contribution in [0.2, 0.25) is 19.6 Å². The van der Waals surface area contributed by atoms with E-state index in [9.17, 15) is 0 Å². The largest absolute Gasteiger partial charge is 1.00 e. The molecule has 0 aromatic heterocycles. The minimum absolute atomic E-state index is 0. The first-order valence-corrected chi connectivity index (χ1v) is 26.7. The molecule has 6 heteroatoms. The first kappa shape index (κ1) is 48.1. The molecule has 0 saturated carbocycles. The summed E-state index contributed by atoms with van der Waals surface area (Å²) in [7, 11) is -0.720. The molecule has 36 heavy (non-hydrogen) atoms. The minimum atomic E-state index is -1.03. The Morgan fingerprint density at radius 3 is 0.500 bits per heavy atom. The molecule has 0 aliphatic rings. The molecule has 0 aliphatic heterocycles. The van der Waals surface area contributed by atoms with E-state index in [-0.39, 0.29) is 40.8 Å². The van der Waals surface area contributed by atoms with Crippen LogP contribution in [0.3, 0.4) is 0 Å². The summed E-state index contributed by atoms with van der Waals surface area (Å²) in [5.74, 6) is 0. The monoisotopic (exact) mass is 651 g/mol. The quantitative estimate of drug-likeness (QED) is 0.0807. The Morgan fingerprint density at radius 2 is 0.444 bits per heavy atom. The van der Waals surface area contributed by atoms with Crippen LogP contribution in [0.1, 0.15) is 120 Å².